The van der Waals surface area contributed by atoms with Crippen molar-refractivity contribution in [3.05, 3.63) is 58.0 Å². The summed E-state index contributed by atoms with van der Waals surface area (Å²) in [7, 11) is 3.68. The van der Waals surface area contributed by atoms with Crippen molar-refractivity contribution in [2.75, 3.05) is 19.0 Å². The third-order valence-corrected chi connectivity index (χ3v) is 2.90. The van der Waals surface area contributed by atoms with Gasteiger partial charge in [0, 0.05) is 20.2 Å². The second-order valence-corrected chi connectivity index (χ2v) is 4.61. The molecule has 6 nitrogen and oxygen atoms in total. The molecule has 0 spiro atoms. The van der Waals surface area contributed by atoms with E-state index in [1.165, 1.54) is 22.9 Å². The normalized spacial score (nSPS) is 10.3. The number of hydrogen-bond acceptors (Lipinski definition) is 4. The standard InChI is InChI=1S/C14H15N3O3/c1-16(2)12-7-13(18)17(15-8-12)9-10-3-5-11(6-4-10)14(19)20/h3-8H,9H2,1-2H3,(H,19,20). The summed E-state index contributed by atoms with van der Waals surface area (Å²) in [5, 5.41) is 12.9. The van der Waals surface area contributed by atoms with E-state index in [4.69, 9.17) is 5.11 Å². The zero-order valence-electron chi connectivity index (χ0n) is 11.3. The molecule has 104 valence electrons. The van der Waals surface area contributed by atoms with E-state index in [-0.39, 0.29) is 11.1 Å². The number of rotatable bonds is 4. The van der Waals surface area contributed by atoms with Crippen molar-refractivity contribution in [2.45, 2.75) is 6.54 Å². The van der Waals surface area contributed by atoms with Crippen molar-refractivity contribution in [1.82, 2.24) is 9.78 Å². The summed E-state index contributed by atoms with van der Waals surface area (Å²) >= 11 is 0. The quantitative estimate of drug-likeness (QED) is 0.901. The number of aromatic nitrogens is 2. The Labute approximate surface area is 115 Å². The van der Waals surface area contributed by atoms with Gasteiger partial charge in [0.15, 0.2) is 0 Å². The zero-order chi connectivity index (χ0) is 14.7. The molecule has 1 aromatic heterocycles. The molecule has 1 heterocycles. The molecule has 2 aromatic rings. The molecule has 0 radical (unpaired) electrons. The predicted octanol–water partition coefficient (Wildman–Crippen LogP) is 1.06. The molecule has 0 saturated carbocycles. The van der Waals surface area contributed by atoms with Crippen molar-refractivity contribution in [2.24, 2.45) is 0 Å². The van der Waals surface area contributed by atoms with Crippen LogP contribution >= 0.6 is 0 Å². The number of carboxylic acids is 1. The van der Waals surface area contributed by atoms with Crippen LogP contribution in [-0.4, -0.2) is 35.0 Å². The minimum absolute atomic E-state index is 0.196. The van der Waals surface area contributed by atoms with Gasteiger partial charge in [-0.2, -0.15) is 5.10 Å². The maximum absolute atomic E-state index is 11.9. The molecule has 1 aromatic carbocycles. The van der Waals surface area contributed by atoms with Gasteiger partial charge in [-0.25, -0.2) is 9.48 Å². The lowest BCUT2D eigenvalue weighted by molar-refractivity contribution is 0.0697. The van der Waals surface area contributed by atoms with Crippen LogP contribution in [0.25, 0.3) is 0 Å². The summed E-state index contributed by atoms with van der Waals surface area (Å²) in [6.45, 7) is 0.312. The molecule has 6 heteroatoms. The van der Waals surface area contributed by atoms with Gasteiger partial charge in [0.05, 0.1) is 24.0 Å². The van der Waals surface area contributed by atoms with Crippen LogP contribution in [0.1, 0.15) is 15.9 Å². The SMILES string of the molecule is CN(C)c1cnn(Cc2ccc(C(=O)O)cc2)c(=O)c1. The summed E-state index contributed by atoms with van der Waals surface area (Å²) in [6.07, 6.45) is 1.62. The Morgan fingerprint density at radius 2 is 1.95 bits per heavy atom. The maximum atomic E-state index is 11.9. The smallest absolute Gasteiger partial charge is 0.335 e. The van der Waals surface area contributed by atoms with Gasteiger partial charge in [0.2, 0.25) is 0 Å². The molecule has 0 saturated heterocycles. The third kappa shape index (κ3) is 3.03. The van der Waals surface area contributed by atoms with Crippen LogP contribution in [0, 0.1) is 0 Å². The summed E-state index contributed by atoms with van der Waals surface area (Å²) in [6, 6.07) is 7.89. The summed E-state index contributed by atoms with van der Waals surface area (Å²) in [5.74, 6) is -0.970. The van der Waals surface area contributed by atoms with Crippen molar-refractivity contribution < 1.29 is 9.90 Å². The Hall–Kier alpha value is -2.63. The van der Waals surface area contributed by atoms with Crippen LogP contribution < -0.4 is 10.5 Å². The van der Waals surface area contributed by atoms with Gasteiger partial charge in [-0.3, -0.25) is 4.79 Å². The Morgan fingerprint density at radius 1 is 1.30 bits per heavy atom. The third-order valence-electron chi connectivity index (χ3n) is 2.90. The fourth-order valence-corrected chi connectivity index (χ4v) is 1.71. The molecule has 0 aliphatic heterocycles. The molecular weight excluding hydrogens is 258 g/mol. The highest BCUT2D eigenvalue weighted by Crippen LogP contribution is 2.07. The number of hydrogen-bond donors (Lipinski definition) is 1. The van der Waals surface area contributed by atoms with E-state index in [0.29, 0.717) is 6.54 Å². The number of carboxylic acid groups (broad SMARTS) is 1. The van der Waals surface area contributed by atoms with E-state index in [0.717, 1.165) is 11.3 Å². The van der Waals surface area contributed by atoms with E-state index >= 15 is 0 Å². The highest BCUT2D eigenvalue weighted by molar-refractivity contribution is 5.87. The average molecular weight is 273 g/mol. The molecule has 0 fully saturated rings. The van der Waals surface area contributed by atoms with Gasteiger partial charge < -0.3 is 10.0 Å². The maximum Gasteiger partial charge on any atom is 0.335 e. The number of aromatic carboxylic acids is 1. The van der Waals surface area contributed by atoms with E-state index in [1.807, 2.05) is 14.1 Å². The number of anilines is 1. The molecule has 0 aliphatic rings. The van der Waals surface area contributed by atoms with E-state index < -0.39 is 5.97 Å². The first-order chi connectivity index (χ1) is 9.47. The van der Waals surface area contributed by atoms with Gasteiger partial charge in [-0.1, -0.05) is 12.1 Å². The fraction of sp³-hybridized carbons (Fsp3) is 0.214. The minimum Gasteiger partial charge on any atom is -0.478 e. The molecular formula is C14H15N3O3. The van der Waals surface area contributed by atoms with Crippen LogP contribution in [0.2, 0.25) is 0 Å². The molecule has 0 bridgehead atoms. The summed E-state index contributed by atoms with van der Waals surface area (Å²) < 4.78 is 1.34. The van der Waals surface area contributed by atoms with Crippen molar-refractivity contribution in [3.63, 3.8) is 0 Å². The first-order valence-corrected chi connectivity index (χ1v) is 6.04. The number of benzene rings is 1. The largest absolute Gasteiger partial charge is 0.478 e. The van der Waals surface area contributed by atoms with Crippen LogP contribution in [-0.2, 0) is 6.54 Å². The molecule has 20 heavy (non-hydrogen) atoms. The van der Waals surface area contributed by atoms with Crippen molar-refractivity contribution in [3.8, 4) is 0 Å². The lowest BCUT2D eigenvalue weighted by Gasteiger charge is -2.12. The van der Waals surface area contributed by atoms with Crippen LogP contribution in [0.3, 0.4) is 0 Å². The predicted molar refractivity (Wildman–Crippen MR) is 75.3 cm³/mol. The van der Waals surface area contributed by atoms with Gasteiger partial charge >= 0.3 is 5.97 Å². The zero-order valence-corrected chi connectivity index (χ0v) is 11.3. The first kappa shape index (κ1) is 13.8. The Morgan fingerprint density at radius 3 is 2.45 bits per heavy atom. The molecule has 0 aliphatic carbocycles. The van der Waals surface area contributed by atoms with Crippen LogP contribution in [0.5, 0.6) is 0 Å². The molecule has 2 rings (SSSR count). The van der Waals surface area contributed by atoms with Crippen LogP contribution in [0.4, 0.5) is 5.69 Å². The number of carbonyl (C=O) groups is 1. The molecule has 0 unspecified atom stereocenters. The minimum atomic E-state index is -0.970. The second-order valence-electron chi connectivity index (χ2n) is 4.61. The average Bonchev–Trinajstić information content (AvgIpc) is 2.41. The van der Waals surface area contributed by atoms with E-state index in [1.54, 1.807) is 23.2 Å². The number of nitrogens with zero attached hydrogens (tertiary/aromatic N) is 3. The topological polar surface area (TPSA) is 75.4 Å². The molecule has 1 N–H and O–H groups in total. The van der Waals surface area contributed by atoms with Crippen LogP contribution in [0.15, 0.2) is 41.3 Å². The fourth-order valence-electron chi connectivity index (χ4n) is 1.71. The Bertz CT molecular complexity index is 675. The monoisotopic (exact) mass is 273 g/mol. The van der Waals surface area contributed by atoms with Gasteiger partial charge in [-0.15, -0.1) is 0 Å². The highest BCUT2D eigenvalue weighted by Gasteiger charge is 2.05. The first-order valence-electron chi connectivity index (χ1n) is 6.04. The van der Waals surface area contributed by atoms with Gasteiger partial charge in [-0.05, 0) is 17.7 Å². The summed E-state index contributed by atoms with van der Waals surface area (Å²) in [4.78, 5) is 24.5. The van der Waals surface area contributed by atoms with E-state index in [2.05, 4.69) is 5.10 Å². The van der Waals surface area contributed by atoms with Gasteiger partial charge in [0.25, 0.3) is 5.56 Å². The molecule has 0 atom stereocenters. The van der Waals surface area contributed by atoms with Gasteiger partial charge in [0.1, 0.15) is 0 Å². The lowest BCUT2D eigenvalue weighted by Crippen LogP contribution is -2.24. The van der Waals surface area contributed by atoms with E-state index in [9.17, 15) is 9.59 Å². The summed E-state index contributed by atoms with van der Waals surface area (Å²) in [5.41, 5.74) is 1.59. The van der Waals surface area contributed by atoms with Crippen molar-refractivity contribution >= 4 is 11.7 Å². The lowest BCUT2D eigenvalue weighted by atomic mass is 10.1. The van der Waals surface area contributed by atoms with Crippen molar-refractivity contribution in [1.29, 1.82) is 0 Å². The second kappa shape index (κ2) is 5.56. The Balaban J connectivity index is 2.22. The molecule has 0 amide bonds. The highest BCUT2D eigenvalue weighted by atomic mass is 16.4. The Kier molecular flexibility index (Phi) is 3.84.